The molecule has 0 bridgehead atoms. The van der Waals surface area contributed by atoms with Gasteiger partial charge in [-0.1, -0.05) is 31.0 Å². The van der Waals surface area contributed by atoms with Gasteiger partial charge in [-0.3, -0.25) is 9.69 Å². The van der Waals surface area contributed by atoms with Crippen LogP contribution in [0.2, 0.25) is 0 Å². The van der Waals surface area contributed by atoms with Crippen molar-refractivity contribution in [2.24, 2.45) is 0 Å². The fourth-order valence-corrected chi connectivity index (χ4v) is 4.14. The summed E-state index contributed by atoms with van der Waals surface area (Å²) in [6, 6.07) is 12.0. The second-order valence-corrected chi connectivity index (χ2v) is 7.74. The number of anilines is 1. The first kappa shape index (κ1) is 18.2. The number of amides is 1. The van der Waals surface area contributed by atoms with Gasteiger partial charge in [0.25, 0.3) is 0 Å². The molecule has 1 amide bonds. The van der Waals surface area contributed by atoms with Gasteiger partial charge in [0.2, 0.25) is 5.91 Å². The van der Waals surface area contributed by atoms with Crippen molar-refractivity contribution in [2.75, 3.05) is 25.0 Å². The number of hydrogen-bond acceptors (Lipinski definition) is 4. The van der Waals surface area contributed by atoms with Gasteiger partial charge >= 0.3 is 0 Å². The molecule has 1 aromatic heterocycles. The summed E-state index contributed by atoms with van der Waals surface area (Å²) in [6.07, 6.45) is 6.11. The van der Waals surface area contributed by atoms with Crippen LogP contribution in [0.4, 0.5) is 5.82 Å². The average molecular weight is 368 g/mol. The van der Waals surface area contributed by atoms with Crippen LogP contribution in [-0.4, -0.2) is 51.4 Å². The van der Waals surface area contributed by atoms with Gasteiger partial charge in [0.15, 0.2) is 0 Å². The van der Waals surface area contributed by atoms with Crippen molar-refractivity contribution in [3.05, 3.63) is 42.1 Å². The lowest BCUT2D eigenvalue weighted by molar-refractivity contribution is -0.117. The van der Waals surface area contributed by atoms with Crippen LogP contribution in [0.5, 0.6) is 0 Å². The Morgan fingerprint density at radius 1 is 1.11 bits per heavy atom. The summed E-state index contributed by atoms with van der Waals surface area (Å²) >= 11 is 0. The van der Waals surface area contributed by atoms with Gasteiger partial charge in [-0.15, -0.1) is 0 Å². The summed E-state index contributed by atoms with van der Waals surface area (Å²) in [5.41, 5.74) is 2.03. The third kappa shape index (κ3) is 4.39. The molecule has 2 fully saturated rings. The molecule has 6 nitrogen and oxygen atoms in total. The first-order valence-corrected chi connectivity index (χ1v) is 10.0. The molecule has 0 atom stereocenters. The van der Waals surface area contributed by atoms with Crippen LogP contribution in [0.25, 0.3) is 5.69 Å². The van der Waals surface area contributed by atoms with Crippen LogP contribution in [0.15, 0.2) is 36.4 Å². The summed E-state index contributed by atoms with van der Waals surface area (Å²) in [4.78, 5) is 14.7. The number of nitrogens with one attached hydrogen (secondary N) is 1. The first-order chi connectivity index (χ1) is 13.2. The highest BCUT2D eigenvalue weighted by molar-refractivity contribution is 5.91. The SMILES string of the molecule is O=C(CN1CCC(O)CC1)Nc1cc(C2CCCC2)nn1-c1ccccc1. The molecule has 4 rings (SSSR count). The number of aromatic nitrogens is 2. The highest BCUT2D eigenvalue weighted by Gasteiger charge is 2.23. The Labute approximate surface area is 160 Å². The number of likely N-dealkylation sites (tertiary alicyclic amines) is 1. The lowest BCUT2D eigenvalue weighted by Crippen LogP contribution is -2.40. The Bertz CT molecular complexity index is 760. The fourth-order valence-electron chi connectivity index (χ4n) is 4.14. The predicted molar refractivity (Wildman–Crippen MR) is 105 cm³/mol. The molecule has 27 heavy (non-hydrogen) atoms. The standard InChI is InChI=1S/C21H28N4O2/c26-18-10-12-24(13-11-18)15-21(27)22-20-14-19(16-6-4-5-7-16)23-25(20)17-8-2-1-3-9-17/h1-3,8-9,14,16,18,26H,4-7,10-13,15H2,(H,22,27). The number of para-hydroxylation sites is 1. The molecule has 1 aromatic carbocycles. The summed E-state index contributed by atoms with van der Waals surface area (Å²) in [5.74, 6) is 1.21. The van der Waals surface area contributed by atoms with E-state index in [1.54, 1.807) is 0 Å². The minimum atomic E-state index is -0.224. The minimum Gasteiger partial charge on any atom is -0.393 e. The topological polar surface area (TPSA) is 70.4 Å². The molecule has 2 aliphatic rings. The van der Waals surface area contributed by atoms with Crippen molar-refractivity contribution in [3.63, 3.8) is 0 Å². The van der Waals surface area contributed by atoms with E-state index in [4.69, 9.17) is 5.10 Å². The quantitative estimate of drug-likeness (QED) is 0.851. The second-order valence-electron chi connectivity index (χ2n) is 7.74. The monoisotopic (exact) mass is 368 g/mol. The second kappa shape index (κ2) is 8.23. The third-order valence-electron chi connectivity index (χ3n) is 5.69. The number of carbonyl (C=O) groups excluding carboxylic acids is 1. The van der Waals surface area contributed by atoms with E-state index in [1.165, 1.54) is 25.7 Å². The maximum atomic E-state index is 12.6. The largest absolute Gasteiger partial charge is 0.393 e. The normalized spacial score (nSPS) is 19.4. The molecule has 0 spiro atoms. The van der Waals surface area contributed by atoms with Crippen LogP contribution in [-0.2, 0) is 4.79 Å². The van der Waals surface area contributed by atoms with Crippen LogP contribution in [0.1, 0.15) is 50.1 Å². The molecule has 6 heteroatoms. The Morgan fingerprint density at radius 2 is 1.81 bits per heavy atom. The zero-order chi connectivity index (χ0) is 18.6. The van der Waals surface area contributed by atoms with Crippen molar-refractivity contribution in [3.8, 4) is 5.69 Å². The van der Waals surface area contributed by atoms with Gasteiger partial charge in [0.05, 0.1) is 24.0 Å². The van der Waals surface area contributed by atoms with Crippen LogP contribution >= 0.6 is 0 Å². The van der Waals surface area contributed by atoms with Crippen molar-refractivity contribution in [2.45, 2.75) is 50.5 Å². The highest BCUT2D eigenvalue weighted by atomic mass is 16.3. The fraction of sp³-hybridized carbons (Fsp3) is 0.524. The zero-order valence-electron chi connectivity index (χ0n) is 15.7. The van der Waals surface area contributed by atoms with E-state index in [-0.39, 0.29) is 12.0 Å². The molecular formula is C21H28N4O2. The molecule has 1 aliphatic heterocycles. The minimum absolute atomic E-state index is 0.0264. The summed E-state index contributed by atoms with van der Waals surface area (Å²) in [7, 11) is 0. The van der Waals surface area contributed by atoms with Crippen molar-refractivity contribution < 1.29 is 9.90 Å². The smallest absolute Gasteiger partial charge is 0.239 e. The molecule has 1 saturated carbocycles. The van der Waals surface area contributed by atoms with Crippen molar-refractivity contribution in [1.82, 2.24) is 14.7 Å². The van der Waals surface area contributed by atoms with E-state index in [0.717, 1.165) is 43.1 Å². The first-order valence-electron chi connectivity index (χ1n) is 10.0. The number of nitrogens with zero attached hydrogens (tertiary/aromatic N) is 3. The number of carbonyl (C=O) groups is 1. The van der Waals surface area contributed by atoms with Gasteiger partial charge in [-0.25, -0.2) is 4.68 Å². The van der Waals surface area contributed by atoms with Crippen molar-refractivity contribution >= 4 is 11.7 Å². The number of aliphatic hydroxyl groups excluding tert-OH is 1. The van der Waals surface area contributed by atoms with Gasteiger partial charge in [0, 0.05) is 25.1 Å². The van der Waals surface area contributed by atoms with Gasteiger partial charge in [-0.2, -0.15) is 5.10 Å². The van der Waals surface area contributed by atoms with E-state index < -0.39 is 0 Å². The maximum absolute atomic E-state index is 12.6. The number of aliphatic hydroxyl groups is 1. The zero-order valence-corrected chi connectivity index (χ0v) is 15.7. The van der Waals surface area contributed by atoms with E-state index >= 15 is 0 Å². The number of rotatable bonds is 5. The molecule has 2 heterocycles. The van der Waals surface area contributed by atoms with Crippen molar-refractivity contribution in [1.29, 1.82) is 0 Å². The van der Waals surface area contributed by atoms with Gasteiger partial charge in [0.1, 0.15) is 5.82 Å². The molecule has 2 aromatic rings. The van der Waals surface area contributed by atoms with E-state index in [9.17, 15) is 9.90 Å². The summed E-state index contributed by atoms with van der Waals surface area (Å²) < 4.78 is 1.85. The number of piperidine rings is 1. The molecule has 144 valence electrons. The van der Waals surface area contributed by atoms with E-state index in [1.807, 2.05) is 41.1 Å². The molecule has 2 N–H and O–H groups in total. The number of benzene rings is 1. The molecule has 0 unspecified atom stereocenters. The predicted octanol–water partition coefficient (Wildman–Crippen LogP) is 2.93. The van der Waals surface area contributed by atoms with E-state index in [2.05, 4.69) is 10.2 Å². The maximum Gasteiger partial charge on any atom is 0.239 e. The Balaban J connectivity index is 1.50. The number of hydrogen-bond donors (Lipinski definition) is 2. The van der Waals surface area contributed by atoms with Crippen LogP contribution in [0, 0.1) is 0 Å². The lowest BCUT2D eigenvalue weighted by Gasteiger charge is -2.28. The highest BCUT2D eigenvalue weighted by Crippen LogP contribution is 2.35. The molecular weight excluding hydrogens is 340 g/mol. The molecule has 1 aliphatic carbocycles. The van der Waals surface area contributed by atoms with Gasteiger partial charge < -0.3 is 10.4 Å². The average Bonchev–Trinajstić information content (AvgIpc) is 3.34. The molecule has 0 radical (unpaired) electrons. The lowest BCUT2D eigenvalue weighted by atomic mass is 10.0. The van der Waals surface area contributed by atoms with E-state index in [0.29, 0.717) is 12.5 Å². The van der Waals surface area contributed by atoms with Crippen LogP contribution < -0.4 is 5.32 Å². The van der Waals surface area contributed by atoms with Gasteiger partial charge in [-0.05, 0) is 37.8 Å². The summed E-state index contributed by atoms with van der Waals surface area (Å²) in [5, 5.41) is 17.5. The Morgan fingerprint density at radius 3 is 2.52 bits per heavy atom. The Hall–Kier alpha value is -2.18. The van der Waals surface area contributed by atoms with Crippen LogP contribution in [0.3, 0.4) is 0 Å². The Kier molecular flexibility index (Phi) is 5.55. The summed E-state index contributed by atoms with van der Waals surface area (Å²) in [6.45, 7) is 1.88. The third-order valence-corrected chi connectivity index (χ3v) is 5.69. The molecule has 1 saturated heterocycles.